The highest BCUT2D eigenvalue weighted by atomic mass is 35.5. The molecule has 2 aromatic carbocycles. The number of benzene rings is 2. The third kappa shape index (κ3) is 2.34. The number of primary amides is 1. The zero-order valence-electron chi connectivity index (χ0n) is 10.8. The van der Waals surface area contributed by atoms with Crippen molar-refractivity contribution in [2.75, 3.05) is 0 Å². The quantitative estimate of drug-likeness (QED) is 0.782. The smallest absolute Gasteiger partial charge is 0.250 e. The molecule has 0 aliphatic rings. The number of fused-ring (bicyclic) bond motifs is 1. The second-order valence-corrected chi connectivity index (χ2v) is 4.96. The minimum Gasteiger partial charge on any atom is -0.366 e. The number of nitrogens with zero attached hydrogens (tertiary/aromatic N) is 1. The van der Waals surface area contributed by atoms with E-state index in [0.29, 0.717) is 22.0 Å². The fourth-order valence-electron chi connectivity index (χ4n) is 2.25. The summed E-state index contributed by atoms with van der Waals surface area (Å²) in [6.45, 7) is 0. The van der Waals surface area contributed by atoms with Gasteiger partial charge in [0.2, 0.25) is 5.91 Å². The third-order valence-electron chi connectivity index (χ3n) is 3.26. The van der Waals surface area contributed by atoms with Gasteiger partial charge in [0.05, 0.1) is 16.1 Å². The number of nitrogens with two attached hydrogens (primary N) is 1. The summed E-state index contributed by atoms with van der Waals surface area (Å²) < 4.78 is 13.8. The number of carbonyl (C=O) groups is 1. The Bertz CT molecular complexity index is 864. The van der Waals surface area contributed by atoms with Gasteiger partial charge in [0.25, 0.3) is 0 Å². The molecule has 21 heavy (non-hydrogen) atoms. The Balaban J connectivity index is 2.29. The Morgan fingerprint density at radius 2 is 2.00 bits per heavy atom. The van der Waals surface area contributed by atoms with E-state index >= 15 is 0 Å². The second kappa shape index (κ2) is 5.14. The summed E-state index contributed by atoms with van der Waals surface area (Å²) in [7, 11) is 0. The van der Waals surface area contributed by atoms with Crippen molar-refractivity contribution in [1.29, 1.82) is 0 Å². The molecule has 0 fully saturated rings. The van der Waals surface area contributed by atoms with Crippen LogP contribution in [0.25, 0.3) is 22.0 Å². The van der Waals surface area contributed by atoms with Gasteiger partial charge in [0.15, 0.2) is 0 Å². The molecule has 0 aliphatic carbocycles. The van der Waals surface area contributed by atoms with E-state index in [1.54, 1.807) is 42.6 Å². The van der Waals surface area contributed by atoms with Crippen LogP contribution in [-0.4, -0.2) is 10.9 Å². The van der Waals surface area contributed by atoms with Crippen molar-refractivity contribution in [3.63, 3.8) is 0 Å². The van der Waals surface area contributed by atoms with Gasteiger partial charge in [-0.2, -0.15) is 0 Å². The van der Waals surface area contributed by atoms with Crippen molar-refractivity contribution in [1.82, 2.24) is 4.98 Å². The van der Waals surface area contributed by atoms with Crippen LogP contribution < -0.4 is 5.73 Å². The van der Waals surface area contributed by atoms with E-state index in [-0.39, 0.29) is 16.4 Å². The number of pyridine rings is 1. The van der Waals surface area contributed by atoms with Gasteiger partial charge in [-0.3, -0.25) is 9.78 Å². The molecule has 0 bridgehead atoms. The zero-order valence-corrected chi connectivity index (χ0v) is 11.6. The average molecular weight is 301 g/mol. The van der Waals surface area contributed by atoms with Crippen LogP contribution in [0.4, 0.5) is 4.39 Å². The van der Waals surface area contributed by atoms with Crippen LogP contribution in [0, 0.1) is 5.82 Å². The number of aromatic nitrogens is 1. The first-order chi connectivity index (χ1) is 10.1. The molecule has 0 unspecified atom stereocenters. The maximum atomic E-state index is 13.8. The summed E-state index contributed by atoms with van der Waals surface area (Å²) in [5.41, 5.74) is 7.47. The molecule has 3 aromatic rings. The summed E-state index contributed by atoms with van der Waals surface area (Å²) in [6, 6.07) is 11.3. The molecule has 3 nitrogen and oxygen atoms in total. The number of carbonyl (C=O) groups excluding carboxylic acids is 1. The van der Waals surface area contributed by atoms with Crippen molar-refractivity contribution in [3.8, 4) is 11.1 Å². The topological polar surface area (TPSA) is 56.0 Å². The van der Waals surface area contributed by atoms with E-state index in [9.17, 15) is 9.18 Å². The highest BCUT2D eigenvalue weighted by Crippen LogP contribution is 2.31. The van der Waals surface area contributed by atoms with E-state index in [1.165, 1.54) is 6.07 Å². The lowest BCUT2D eigenvalue weighted by atomic mass is 9.99. The van der Waals surface area contributed by atoms with Gasteiger partial charge in [0.1, 0.15) is 5.82 Å². The average Bonchev–Trinajstić information content (AvgIpc) is 2.48. The van der Waals surface area contributed by atoms with Gasteiger partial charge >= 0.3 is 0 Å². The maximum Gasteiger partial charge on any atom is 0.250 e. The van der Waals surface area contributed by atoms with Gasteiger partial charge in [-0.05, 0) is 42.0 Å². The van der Waals surface area contributed by atoms with Gasteiger partial charge in [0, 0.05) is 17.1 Å². The molecule has 3 rings (SSSR count). The van der Waals surface area contributed by atoms with Crippen molar-refractivity contribution in [2.24, 2.45) is 5.73 Å². The fourth-order valence-corrected chi connectivity index (χ4v) is 2.46. The molecule has 0 spiro atoms. The Hall–Kier alpha value is -2.46. The number of hydrogen-bond donors (Lipinski definition) is 1. The summed E-state index contributed by atoms with van der Waals surface area (Å²) in [5, 5.41) is 0.705. The number of amides is 1. The lowest BCUT2D eigenvalue weighted by Gasteiger charge is -2.09. The summed E-state index contributed by atoms with van der Waals surface area (Å²) in [5.74, 6) is -0.952. The van der Waals surface area contributed by atoms with Crippen LogP contribution in [-0.2, 0) is 0 Å². The SMILES string of the molecule is NC(=O)c1cc(-c2ccc(F)c3cccnc23)ccc1Cl. The van der Waals surface area contributed by atoms with E-state index < -0.39 is 5.91 Å². The van der Waals surface area contributed by atoms with Crippen LogP contribution in [0.1, 0.15) is 10.4 Å². The minimum absolute atomic E-state index is 0.225. The molecule has 0 atom stereocenters. The molecular formula is C16H10ClFN2O. The minimum atomic E-state index is -0.610. The Morgan fingerprint density at radius 3 is 2.76 bits per heavy atom. The Labute approximate surface area is 125 Å². The monoisotopic (exact) mass is 300 g/mol. The standard InChI is InChI=1S/C16H10ClFN2O/c17-13-5-3-9(8-12(13)16(19)21)10-4-6-14(18)11-2-1-7-20-15(10)11/h1-8H,(H2,19,21). The summed E-state index contributed by atoms with van der Waals surface area (Å²) >= 11 is 5.95. The Morgan fingerprint density at radius 1 is 1.19 bits per heavy atom. The number of rotatable bonds is 2. The third-order valence-corrected chi connectivity index (χ3v) is 3.59. The molecule has 1 heterocycles. The van der Waals surface area contributed by atoms with E-state index in [1.807, 2.05) is 0 Å². The van der Waals surface area contributed by atoms with Gasteiger partial charge in [-0.15, -0.1) is 0 Å². The van der Waals surface area contributed by atoms with Crippen molar-refractivity contribution >= 4 is 28.4 Å². The van der Waals surface area contributed by atoms with Crippen LogP contribution in [0.5, 0.6) is 0 Å². The fraction of sp³-hybridized carbons (Fsp3) is 0. The molecule has 0 saturated heterocycles. The largest absolute Gasteiger partial charge is 0.366 e. The van der Waals surface area contributed by atoms with E-state index in [0.717, 1.165) is 0 Å². The lowest BCUT2D eigenvalue weighted by Crippen LogP contribution is -2.11. The lowest BCUT2D eigenvalue weighted by molar-refractivity contribution is 0.100. The van der Waals surface area contributed by atoms with E-state index in [4.69, 9.17) is 17.3 Å². The van der Waals surface area contributed by atoms with Gasteiger partial charge < -0.3 is 5.73 Å². The molecule has 1 aromatic heterocycles. The summed E-state index contributed by atoms with van der Waals surface area (Å²) in [4.78, 5) is 15.6. The van der Waals surface area contributed by atoms with Gasteiger partial charge in [-0.25, -0.2) is 4.39 Å². The highest BCUT2D eigenvalue weighted by Gasteiger charge is 2.12. The van der Waals surface area contributed by atoms with Crippen LogP contribution in [0.2, 0.25) is 5.02 Å². The molecule has 0 saturated carbocycles. The van der Waals surface area contributed by atoms with Crippen LogP contribution in [0.3, 0.4) is 0 Å². The predicted molar refractivity (Wildman–Crippen MR) is 80.7 cm³/mol. The molecule has 104 valence electrons. The normalized spacial score (nSPS) is 10.8. The first kappa shape index (κ1) is 13.5. The number of halogens is 2. The summed E-state index contributed by atoms with van der Waals surface area (Å²) in [6.07, 6.45) is 1.59. The van der Waals surface area contributed by atoms with Crippen molar-refractivity contribution in [2.45, 2.75) is 0 Å². The number of hydrogen-bond acceptors (Lipinski definition) is 2. The first-order valence-corrected chi connectivity index (χ1v) is 6.58. The van der Waals surface area contributed by atoms with Crippen molar-refractivity contribution < 1.29 is 9.18 Å². The molecular weight excluding hydrogens is 291 g/mol. The highest BCUT2D eigenvalue weighted by molar-refractivity contribution is 6.34. The molecule has 5 heteroatoms. The molecule has 1 amide bonds. The molecule has 0 radical (unpaired) electrons. The van der Waals surface area contributed by atoms with Gasteiger partial charge in [-0.1, -0.05) is 17.7 Å². The second-order valence-electron chi connectivity index (χ2n) is 4.55. The van der Waals surface area contributed by atoms with E-state index in [2.05, 4.69) is 4.98 Å². The molecule has 2 N–H and O–H groups in total. The van der Waals surface area contributed by atoms with Crippen LogP contribution in [0.15, 0.2) is 48.7 Å². The predicted octanol–water partition coefficient (Wildman–Crippen LogP) is 3.79. The Kier molecular flexibility index (Phi) is 3.31. The zero-order chi connectivity index (χ0) is 15.0. The maximum absolute atomic E-state index is 13.8. The van der Waals surface area contributed by atoms with Crippen molar-refractivity contribution in [3.05, 3.63) is 65.1 Å². The molecule has 0 aliphatic heterocycles. The first-order valence-electron chi connectivity index (χ1n) is 6.21. The van der Waals surface area contributed by atoms with Crippen LogP contribution >= 0.6 is 11.6 Å².